The number of amides is 1. The van der Waals surface area contributed by atoms with Crippen LogP contribution in [0.4, 0.5) is 0 Å². The number of hydrogen-bond donors (Lipinski definition) is 0. The van der Waals surface area contributed by atoms with Crippen molar-refractivity contribution in [2.45, 2.75) is 18.9 Å². The average Bonchev–Trinajstić information content (AvgIpc) is 2.80. The van der Waals surface area contributed by atoms with E-state index < -0.39 is 0 Å². The highest BCUT2D eigenvalue weighted by molar-refractivity contribution is 9.09. The fraction of sp³-hybridized carbons (Fsp3) is 0.500. The number of likely N-dealkylation sites (tertiary alicyclic amines) is 1. The molecule has 1 aliphatic heterocycles. The summed E-state index contributed by atoms with van der Waals surface area (Å²) < 4.78 is 1.46. The van der Waals surface area contributed by atoms with E-state index in [2.05, 4.69) is 15.9 Å². The van der Waals surface area contributed by atoms with Gasteiger partial charge < -0.3 is 9.47 Å². The summed E-state index contributed by atoms with van der Waals surface area (Å²) in [6.07, 6.45) is 3.70. The molecule has 4 nitrogen and oxygen atoms in total. The first-order chi connectivity index (χ1) is 8.13. The Balaban J connectivity index is 2.24. The molecule has 0 N–H and O–H groups in total. The van der Waals surface area contributed by atoms with E-state index in [4.69, 9.17) is 0 Å². The van der Waals surface area contributed by atoms with Gasteiger partial charge in [-0.2, -0.15) is 0 Å². The van der Waals surface area contributed by atoms with Crippen molar-refractivity contribution in [1.29, 1.82) is 0 Å². The van der Waals surface area contributed by atoms with Crippen molar-refractivity contribution in [3.05, 3.63) is 34.2 Å². The molecule has 1 aliphatic rings. The summed E-state index contributed by atoms with van der Waals surface area (Å²) in [5.41, 5.74) is 0.339. The smallest absolute Gasteiger partial charge is 0.254 e. The first-order valence-electron chi connectivity index (χ1n) is 5.67. The molecule has 1 aromatic rings. The van der Waals surface area contributed by atoms with Crippen molar-refractivity contribution in [3.8, 4) is 0 Å². The average molecular weight is 299 g/mol. The molecule has 1 fully saturated rings. The van der Waals surface area contributed by atoms with Crippen LogP contribution in [0.1, 0.15) is 23.2 Å². The van der Waals surface area contributed by atoms with E-state index >= 15 is 0 Å². The minimum absolute atomic E-state index is 0.0374. The monoisotopic (exact) mass is 298 g/mol. The van der Waals surface area contributed by atoms with E-state index in [1.807, 2.05) is 4.90 Å². The van der Waals surface area contributed by atoms with Crippen LogP contribution in [0, 0.1) is 0 Å². The SMILES string of the molecule is Cn1ccc(C(=O)N2CCCC2CBr)cc1=O. The van der Waals surface area contributed by atoms with E-state index in [1.165, 1.54) is 10.6 Å². The number of carbonyl (C=O) groups is 1. The van der Waals surface area contributed by atoms with Crippen molar-refractivity contribution >= 4 is 21.8 Å². The molecule has 1 saturated heterocycles. The van der Waals surface area contributed by atoms with Crippen LogP contribution in [0.3, 0.4) is 0 Å². The number of aryl methyl sites for hydroxylation is 1. The summed E-state index contributed by atoms with van der Waals surface area (Å²) in [7, 11) is 1.67. The molecule has 2 heterocycles. The molecule has 17 heavy (non-hydrogen) atoms. The van der Waals surface area contributed by atoms with Gasteiger partial charge in [-0.05, 0) is 18.9 Å². The van der Waals surface area contributed by atoms with Gasteiger partial charge in [0.1, 0.15) is 0 Å². The molecule has 1 amide bonds. The number of pyridine rings is 1. The van der Waals surface area contributed by atoms with Crippen molar-refractivity contribution in [2.75, 3.05) is 11.9 Å². The molecule has 0 spiro atoms. The summed E-state index contributed by atoms with van der Waals surface area (Å²) in [6, 6.07) is 3.37. The van der Waals surface area contributed by atoms with Crippen LogP contribution in [0.5, 0.6) is 0 Å². The van der Waals surface area contributed by atoms with Gasteiger partial charge in [0.05, 0.1) is 0 Å². The molecule has 1 aromatic heterocycles. The topological polar surface area (TPSA) is 42.3 Å². The molecule has 5 heteroatoms. The fourth-order valence-corrected chi connectivity index (χ4v) is 2.78. The maximum atomic E-state index is 12.2. The number of rotatable bonds is 2. The van der Waals surface area contributed by atoms with Gasteiger partial charge in [0, 0.05) is 42.8 Å². The molecule has 92 valence electrons. The van der Waals surface area contributed by atoms with Crippen molar-refractivity contribution in [2.24, 2.45) is 7.05 Å². The molecule has 0 saturated carbocycles. The van der Waals surface area contributed by atoms with E-state index in [-0.39, 0.29) is 17.5 Å². The largest absolute Gasteiger partial charge is 0.335 e. The number of nitrogens with zero attached hydrogens (tertiary/aromatic N) is 2. The Hall–Kier alpha value is -1.10. The summed E-state index contributed by atoms with van der Waals surface area (Å²) in [5, 5.41) is 0.795. The van der Waals surface area contributed by atoms with Crippen molar-refractivity contribution in [1.82, 2.24) is 9.47 Å². The van der Waals surface area contributed by atoms with E-state index in [0.29, 0.717) is 5.56 Å². The first kappa shape index (κ1) is 12.4. The predicted octanol–water partition coefficient (Wildman–Crippen LogP) is 1.38. The highest BCUT2D eigenvalue weighted by atomic mass is 79.9. The van der Waals surface area contributed by atoms with Gasteiger partial charge in [-0.15, -0.1) is 0 Å². The maximum Gasteiger partial charge on any atom is 0.254 e. The van der Waals surface area contributed by atoms with Crippen molar-refractivity contribution < 1.29 is 4.79 Å². The van der Waals surface area contributed by atoms with E-state index in [1.54, 1.807) is 19.3 Å². The molecule has 1 atom stereocenters. The highest BCUT2D eigenvalue weighted by Crippen LogP contribution is 2.20. The lowest BCUT2D eigenvalue weighted by molar-refractivity contribution is 0.0750. The summed E-state index contributed by atoms with van der Waals surface area (Å²) in [6.45, 7) is 0.782. The third-order valence-corrected chi connectivity index (χ3v) is 3.91. The molecular weight excluding hydrogens is 284 g/mol. The maximum absolute atomic E-state index is 12.2. The Morgan fingerprint density at radius 3 is 3.00 bits per heavy atom. The fourth-order valence-electron chi connectivity index (χ4n) is 2.11. The van der Waals surface area contributed by atoms with E-state index in [9.17, 15) is 9.59 Å². The lowest BCUT2D eigenvalue weighted by Gasteiger charge is -2.23. The second-order valence-electron chi connectivity index (χ2n) is 4.31. The Labute approximate surface area is 108 Å². The normalized spacial score (nSPS) is 19.6. The molecular formula is C12H15BrN2O2. The Morgan fingerprint density at radius 1 is 1.59 bits per heavy atom. The molecule has 0 radical (unpaired) electrons. The van der Waals surface area contributed by atoms with Gasteiger partial charge in [0.15, 0.2) is 0 Å². The quantitative estimate of drug-likeness (QED) is 0.774. The first-order valence-corrected chi connectivity index (χ1v) is 6.79. The van der Waals surface area contributed by atoms with Crippen LogP contribution in [-0.4, -0.2) is 33.3 Å². The minimum Gasteiger partial charge on any atom is -0.335 e. The van der Waals surface area contributed by atoms with Crippen LogP contribution in [0.15, 0.2) is 23.1 Å². The van der Waals surface area contributed by atoms with Gasteiger partial charge >= 0.3 is 0 Å². The third-order valence-electron chi connectivity index (χ3n) is 3.17. The van der Waals surface area contributed by atoms with Crippen LogP contribution in [0.25, 0.3) is 0 Å². The lowest BCUT2D eigenvalue weighted by atomic mass is 10.2. The van der Waals surface area contributed by atoms with E-state index in [0.717, 1.165) is 24.7 Å². The summed E-state index contributed by atoms with van der Waals surface area (Å²) in [5.74, 6) is -0.0374. The molecule has 0 aliphatic carbocycles. The Kier molecular flexibility index (Phi) is 3.66. The summed E-state index contributed by atoms with van der Waals surface area (Å²) >= 11 is 3.42. The van der Waals surface area contributed by atoms with Crippen LogP contribution >= 0.6 is 15.9 Å². The van der Waals surface area contributed by atoms with Crippen LogP contribution in [0.2, 0.25) is 0 Å². The molecule has 0 bridgehead atoms. The highest BCUT2D eigenvalue weighted by Gasteiger charge is 2.28. The minimum atomic E-state index is -0.148. The number of aromatic nitrogens is 1. The Bertz CT molecular complexity index is 484. The van der Waals surface area contributed by atoms with Gasteiger partial charge in [-0.1, -0.05) is 15.9 Å². The standard InChI is InChI=1S/C12H15BrN2O2/c1-14-6-4-9(7-11(14)16)12(17)15-5-2-3-10(15)8-13/h4,6-7,10H,2-3,5,8H2,1H3. The number of alkyl halides is 1. The zero-order chi connectivity index (χ0) is 12.4. The third kappa shape index (κ3) is 2.44. The molecule has 0 aromatic carbocycles. The Morgan fingerprint density at radius 2 is 2.35 bits per heavy atom. The van der Waals surface area contributed by atoms with Gasteiger partial charge in [0.2, 0.25) is 0 Å². The zero-order valence-electron chi connectivity index (χ0n) is 9.73. The predicted molar refractivity (Wildman–Crippen MR) is 69.5 cm³/mol. The number of carbonyl (C=O) groups excluding carboxylic acids is 1. The van der Waals surface area contributed by atoms with Crippen LogP contribution < -0.4 is 5.56 Å². The van der Waals surface area contributed by atoms with Crippen LogP contribution in [-0.2, 0) is 7.05 Å². The number of halogens is 1. The zero-order valence-corrected chi connectivity index (χ0v) is 11.3. The molecule has 1 unspecified atom stereocenters. The van der Waals surface area contributed by atoms with Crippen molar-refractivity contribution in [3.63, 3.8) is 0 Å². The second-order valence-corrected chi connectivity index (χ2v) is 4.96. The number of hydrogen-bond acceptors (Lipinski definition) is 2. The lowest BCUT2D eigenvalue weighted by Crippen LogP contribution is -2.37. The second kappa shape index (κ2) is 5.04. The summed E-state index contributed by atoms with van der Waals surface area (Å²) in [4.78, 5) is 25.6. The van der Waals surface area contributed by atoms with Gasteiger partial charge in [-0.3, -0.25) is 9.59 Å². The molecule has 2 rings (SSSR count). The van der Waals surface area contributed by atoms with Gasteiger partial charge in [-0.25, -0.2) is 0 Å². The van der Waals surface area contributed by atoms with Gasteiger partial charge in [0.25, 0.3) is 11.5 Å².